The molecule has 6 nitrogen and oxygen atoms in total. The van der Waals surface area contributed by atoms with Crippen molar-refractivity contribution in [2.75, 3.05) is 27.0 Å². The highest BCUT2D eigenvalue weighted by molar-refractivity contribution is 5.69. The van der Waals surface area contributed by atoms with E-state index in [0.29, 0.717) is 5.56 Å². The number of rotatable bonds is 4. The predicted octanol–water partition coefficient (Wildman–Crippen LogP) is 4.75. The first-order valence-corrected chi connectivity index (χ1v) is 9.10. The fourth-order valence-corrected chi connectivity index (χ4v) is 2.53. The number of pyridine rings is 1. The third-order valence-corrected chi connectivity index (χ3v) is 3.72. The van der Waals surface area contributed by atoms with Crippen LogP contribution in [0, 0.1) is 6.92 Å². The van der Waals surface area contributed by atoms with Crippen LogP contribution in [0.2, 0.25) is 0 Å². The molecule has 1 fully saturated rings. The van der Waals surface area contributed by atoms with Crippen molar-refractivity contribution in [1.29, 1.82) is 0 Å². The zero-order valence-electron chi connectivity index (χ0n) is 17.4. The first-order valence-electron chi connectivity index (χ1n) is 9.10. The summed E-state index contributed by atoms with van der Waals surface area (Å²) >= 11 is 0. The Labute approximate surface area is 164 Å². The van der Waals surface area contributed by atoms with E-state index in [0.717, 1.165) is 0 Å². The summed E-state index contributed by atoms with van der Waals surface area (Å²) in [6.45, 7) is 11.0. The molecule has 0 aromatic carbocycles. The topological polar surface area (TPSA) is 60.9 Å². The van der Waals surface area contributed by atoms with Gasteiger partial charge >= 0.3 is 12.3 Å². The average Bonchev–Trinajstić information content (AvgIpc) is 2.51. The molecule has 28 heavy (non-hydrogen) atoms. The van der Waals surface area contributed by atoms with Gasteiger partial charge in [0.05, 0.1) is 0 Å². The lowest BCUT2D eigenvalue weighted by Crippen LogP contribution is -2.50. The Bertz CT molecular complexity index is 666. The number of amides is 1. The van der Waals surface area contributed by atoms with Gasteiger partial charge < -0.3 is 19.1 Å². The molecule has 2 rings (SSSR count). The van der Waals surface area contributed by atoms with Crippen molar-refractivity contribution in [3.8, 4) is 5.75 Å². The van der Waals surface area contributed by atoms with Gasteiger partial charge in [0.1, 0.15) is 5.60 Å². The SMILES string of the molecule is CC.COCOc1c(C)cc(C2CN(C(=O)OC(C)(C)C)C2)nc1C(F)(F)F. The van der Waals surface area contributed by atoms with Crippen LogP contribution in [0.5, 0.6) is 5.75 Å². The number of likely N-dealkylation sites (tertiary alicyclic amines) is 1. The predicted molar refractivity (Wildman–Crippen MR) is 98.4 cm³/mol. The summed E-state index contributed by atoms with van der Waals surface area (Å²) in [6, 6.07) is 1.55. The molecule has 0 unspecified atom stereocenters. The van der Waals surface area contributed by atoms with Gasteiger partial charge in [-0.2, -0.15) is 13.2 Å². The fraction of sp³-hybridized carbons (Fsp3) is 0.684. The van der Waals surface area contributed by atoms with Crippen molar-refractivity contribution in [2.45, 2.75) is 59.2 Å². The van der Waals surface area contributed by atoms with Crippen LogP contribution >= 0.6 is 0 Å². The molecule has 0 aliphatic carbocycles. The maximum absolute atomic E-state index is 13.3. The molecule has 0 N–H and O–H groups in total. The molecular formula is C19H29F3N2O4. The van der Waals surface area contributed by atoms with Crippen LogP contribution in [0.1, 0.15) is 57.5 Å². The van der Waals surface area contributed by atoms with Crippen molar-refractivity contribution in [3.63, 3.8) is 0 Å². The molecule has 1 aliphatic rings. The van der Waals surface area contributed by atoms with Gasteiger partial charge in [0.2, 0.25) is 0 Å². The van der Waals surface area contributed by atoms with E-state index in [-0.39, 0.29) is 37.2 Å². The van der Waals surface area contributed by atoms with Crippen molar-refractivity contribution in [1.82, 2.24) is 9.88 Å². The van der Waals surface area contributed by atoms with Gasteiger partial charge in [-0.25, -0.2) is 9.78 Å². The van der Waals surface area contributed by atoms with Crippen LogP contribution in [-0.4, -0.2) is 48.6 Å². The third-order valence-electron chi connectivity index (χ3n) is 3.72. The van der Waals surface area contributed by atoms with E-state index in [1.807, 2.05) is 13.8 Å². The van der Waals surface area contributed by atoms with Crippen LogP contribution in [-0.2, 0) is 15.7 Å². The number of aromatic nitrogens is 1. The number of carbonyl (C=O) groups excluding carboxylic acids is 1. The van der Waals surface area contributed by atoms with Gasteiger partial charge in [0, 0.05) is 31.8 Å². The van der Waals surface area contributed by atoms with E-state index in [9.17, 15) is 18.0 Å². The van der Waals surface area contributed by atoms with Crippen LogP contribution < -0.4 is 4.74 Å². The summed E-state index contributed by atoms with van der Waals surface area (Å²) in [5.74, 6) is -0.620. The van der Waals surface area contributed by atoms with Gasteiger partial charge in [-0.15, -0.1) is 0 Å². The maximum Gasteiger partial charge on any atom is 0.437 e. The van der Waals surface area contributed by atoms with E-state index in [1.54, 1.807) is 26.8 Å². The molecule has 160 valence electrons. The second-order valence-corrected chi connectivity index (χ2v) is 7.17. The Morgan fingerprint density at radius 3 is 2.29 bits per heavy atom. The molecule has 1 aromatic rings. The molecule has 2 heterocycles. The zero-order chi connectivity index (χ0) is 21.7. The summed E-state index contributed by atoms with van der Waals surface area (Å²) in [5.41, 5.74) is -1.12. The van der Waals surface area contributed by atoms with E-state index >= 15 is 0 Å². The maximum atomic E-state index is 13.3. The van der Waals surface area contributed by atoms with Gasteiger partial charge in [0.25, 0.3) is 0 Å². The second kappa shape index (κ2) is 9.45. The summed E-state index contributed by atoms with van der Waals surface area (Å²) in [7, 11) is 1.32. The Morgan fingerprint density at radius 2 is 1.82 bits per heavy atom. The zero-order valence-corrected chi connectivity index (χ0v) is 17.4. The van der Waals surface area contributed by atoms with Crippen LogP contribution in [0.15, 0.2) is 6.07 Å². The fourth-order valence-electron chi connectivity index (χ4n) is 2.53. The lowest BCUT2D eigenvalue weighted by atomic mass is 9.94. The quantitative estimate of drug-likeness (QED) is 0.675. The minimum atomic E-state index is -4.65. The monoisotopic (exact) mass is 406 g/mol. The minimum absolute atomic E-state index is 0.261. The Morgan fingerprint density at radius 1 is 1.25 bits per heavy atom. The summed E-state index contributed by atoms with van der Waals surface area (Å²) < 4.78 is 55.0. The van der Waals surface area contributed by atoms with E-state index < -0.39 is 23.6 Å². The van der Waals surface area contributed by atoms with Crippen molar-refractivity contribution < 1.29 is 32.2 Å². The standard InChI is InChI=1S/C17H23F3N2O4.C2H6/c1-10-6-12(11-7-22(8-11)15(23)26-16(2,3)4)21-14(17(18,19)20)13(10)25-9-24-5;1-2/h6,11H,7-9H2,1-5H3;1-2H3. The number of alkyl halides is 3. The molecule has 1 amide bonds. The number of methoxy groups -OCH3 is 1. The first-order chi connectivity index (χ1) is 12.9. The highest BCUT2D eigenvalue weighted by atomic mass is 19.4. The van der Waals surface area contributed by atoms with Crippen molar-refractivity contribution in [2.24, 2.45) is 0 Å². The largest absolute Gasteiger partial charge is 0.465 e. The molecule has 1 aliphatic heterocycles. The number of hydrogen-bond donors (Lipinski definition) is 0. The van der Waals surface area contributed by atoms with E-state index in [2.05, 4.69) is 9.72 Å². The molecule has 0 atom stereocenters. The highest BCUT2D eigenvalue weighted by Gasteiger charge is 2.41. The van der Waals surface area contributed by atoms with Gasteiger partial charge in [-0.1, -0.05) is 13.8 Å². The number of carbonyl (C=O) groups is 1. The van der Waals surface area contributed by atoms with Crippen molar-refractivity contribution in [3.05, 3.63) is 23.0 Å². The van der Waals surface area contributed by atoms with Gasteiger partial charge in [-0.05, 0) is 39.3 Å². The van der Waals surface area contributed by atoms with Crippen LogP contribution in [0.4, 0.5) is 18.0 Å². The van der Waals surface area contributed by atoms with Gasteiger partial charge in [0.15, 0.2) is 18.2 Å². The molecule has 0 bridgehead atoms. The molecule has 1 saturated heterocycles. The number of hydrogen-bond acceptors (Lipinski definition) is 5. The summed E-state index contributed by atoms with van der Waals surface area (Å²) in [5, 5.41) is 0. The number of nitrogens with zero attached hydrogens (tertiary/aromatic N) is 2. The number of aryl methyl sites for hydroxylation is 1. The Kier molecular flexibility index (Phi) is 8.10. The lowest BCUT2D eigenvalue weighted by molar-refractivity contribution is -0.143. The molecule has 0 saturated carbocycles. The number of ether oxygens (including phenoxy) is 3. The smallest absolute Gasteiger partial charge is 0.437 e. The Balaban J connectivity index is 0.00000190. The first kappa shape index (κ1) is 24.0. The molecule has 1 aromatic heterocycles. The molecule has 0 radical (unpaired) electrons. The molecule has 0 spiro atoms. The van der Waals surface area contributed by atoms with Crippen LogP contribution in [0.25, 0.3) is 0 Å². The van der Waals surface area contributed by atoms with Gasteiger partial charge in [-0.3, -0.25) is 0 Å². The second-order valence-electron chi connectivity index (χ2n) is 7.17. The average molecular weight is 406 g/mol. The summed E-state index contributed by atoms with van der Waals surface area (Å²) in [4.78, 5) is 17.2. The highest BCUT2D eigenvalue weighted by Crippen LogP contribution is 2.39. The van der Waals surface area contributed by atoms with Crippen LogP contribution in [0.3, 0.4) is 0 Å². The van der Waals surface area contributed by atoms with E-state index in [4.69, 9.17) is 9.47 Å². The minimum Gasteiger partial charge on any atom is -0.465 e. The van der Waals surface area contributed by atoms with Crippen molar-refractivity contribution >= 4 is 6.09 Å². The molecule has 9 heteroatoms. The van der Waals surface area contributed by atoms with E-state index in [1.165, 1.54) is 18.9 Å². The third kappa shape index (κ3) is 6.25. The normalized spacial score (nSPS) is 14.7. The Hall–Kier alpha value is -2.03. The molecular weight excluding hydrogens is 377 g/mol. The number of halogens is 3. The summed E-state index contributed by atoms with van der Waals surface area (Å²) in [6.07, 6.45) is -5.14. The lowest BCUT2D eigenvalue weighted by Gasteiger charge is -2.39.